The molecule has 0 bridgehead atoms. The zero-order valence-corrected chi connectivity index (χ0v) is 11.2. The molecule has 0 fully saturated rings. The Bertz CT molecular complexity index is 398. The summed E-state index contributed by atoms with van der Waals surface area (Å²) in [5, 5.41) is 0.621. The first-order valence-corrected chi connectivity index (χ1v) is 6.52. The standard InChI is InChI=1S/C11H16N2O3S/c1-5-15-10(14)8(3)16-9-6-7(2)12-11(13-9)17-4/h6,8H,5H2,1-4H3/t8-/m0/s1. The molecule has 0 aliphatic rings. The van der Waals surface area contributed by atoms with Crippen LogP contribution in [0.15, 0.2) is 11.2 Å². The number of hydrogen-bond donors (Lipinski definition) is 0. The maximum atomic E-state index is 11.4. The van der Waals surface area contributed by atoms with E-state index in [0.29, 0.717) is 17.6 Å². The van der Waals surface area contributed by atoms with Gasteiger partial charge in [-0.25, -0.2) is 9.78 Å². The summed E-state index contributed by atoms with van der Waals surface area (Å²) in [6.45, 7) is 5.58. The average Bonchev–Trinajstić information content (AvgIpc) is 2.28. The molecular weight excluding hydrogens is 240 g/mol. The van der Waals surface area contributed by atoms with Gasteiger partial charge < -0.3 is 9.47 Å². The van der Waals surface area contributed by atoms with Crippen molar-refractivity contribution in [1.29, 1.82) is 0 Å². The van der Waals surface area contributed by atoms with Gasteiger partial charge in [0.2, 0.25) is 5.88 Å². The molecule has 0 radical (unpaired) electrons. The minimum absolute atomic E-state index is 0.339. The Balaban J connectivity index is 2.73. The normalized spacial score (nSPS) is 12.0. The molecule has 0 spiro atoms. The maximum absolute atomic E-state index is 11.4. The van der Waals surface area contributed by atoms with Crippen LogP contribution in [0, 0.1) is 6.92 Å². The van der Waals surface area contributed by atoms with E-state index in [2.05, 4.69) is 9.97 Å². The summed E-state index contributed by atoms with van der Waals surface area (Å²) in [7, 11) is 0. The Morgan fingerprint density at radius 2 is 2.24 bits per heavy atom. The van der Waals surface area contributed by atoms with Gasteiger partial charge in [0, 0.05) is 11.8 Å². The van der Waals surface area contributed by atoms with Crippen LogP contribution in [0.2, 0.25) is 0 Å². The number of carbonyl (C=O) groups excluding carboxylic acids is 1. The molecule has 1 aromatic rings. The van der Waals surface area contributed by atoms with Crippen molar-refractivity contribution in [3.05, 3.63) is 11.8 Å². The van der Waals surface area contributed by atoms with Crippen LogP contribution in [-0.4, -0.2) is 34.9 Å². The highest BCUT2D eigenvalue weighted by Crippen LogP contribution is 2.16. The highest BCUT2D eigenvalue weighted by Gasteiger charge is 2.16. The van der Waals surface area contributed by atoms with Crippen molar-refractivity contribution in [1.82, 2.24) is 9.97 Å². The maximum Gasteiger partial charge on any atom is 0.347 e. The second-order valence-electron chi connectivity index (χ2n) is 3.35. The molecule has 5 nitrogen and oxygen atoms in total. The third kappa shape index (κ3) is 4.22. The summed E-state index contributed by atoms with van der Waals surface area (Å²) in [6, 6.07) is 1.69. The van der Waals surface area contributed by atoms with Crippen LogP contribution in [-0.2, 0) is 9.53 Å². The van der Waals surface area contributed by atoms with E-state index in [-0.39, 0.29) is 0 Å². The molecular formula is C11H16N2O3S. The van der Waals surface area contributed by atoms with Gasteiger partial charge in [0.25, 0.3) is 0 Å². The molecule has 1 atom stereocenters. The molecule has 0 saturated heterocycles. The summed E-state index contributed by atoms with van der Waals surface area (Å²) in [5.41, 5.74) is 0.801. The van der Waals surface area contributed by atoms with Gasteiger partial charge in [-0.15, -0.1) is 0 Å². The van der Waals surface area contributed by atoms with Gasteiger partial charge in [-0.05, 0) is 27.0 Å². The van der Waals surface area contributed by atoms with Crippen LogP contribution < -0.4 is 4.74 Å². The number of ether oxygens (including phenoxy) is 2. The Hall–Kier alpha value is -1.30. The summed E-state index contributed by atoms with van der Waals surface area (Å²) in [6.07, 6.45) is 1.21. The predicted molar refractivity (Wildman–Crippen MR) is 65.3 cm³/mol. The van der Waals surface area contributed by atoms with Gasteiger partial charge in [-0.1, -0.05) is 11.8 Å². The molecule has 1 rings (SSSR count). The summed E-state index contributed by atoms with van der Waals surface area (Å²) in [4.78, 5) is 19.7. The summed E-state index contributed by atoms with van der Waals surface area (Å²) >= 11 is 1.42. The lowest BCUT2D eigenvalue weighted by Gasteiger charge is -2.13. The molecule has 1 heterocycles. The average molecular weight is 256 g/mol. The summed E-state index contributed by atoms with van der Waals surface area (Å²) in [5.74, 6) is -0.00290. The third-order valence-electron chi connectivity index (χ3n) is 1.91. The van der Waals surface area contributed by atoms with E-state index in [9.17, 15) is 4.79 Å². The number of nitrogens with zero attached hydrogens (tertiary/aromatic N) is 2. The molecule has 0 unspecified atom stereocenters. The van der Waals surface area contributed by atoms with Gasteiger partial charge in [-0.3, -0.25) is 0 Å². The van der Waals surface area contributed by atoms with Crippen LogP contribution in [0.4, 0.5) is 0 Å². The minimum atomic E-state index is -0.668. The first-order valence-electron chi connectivity index (χ1n) is 5.29. The fraction of sp³-hybridized carbons (Fsp3) is 0.545. The number of hydrogen-bond acceptors (Lipinski definition) is 6. The van der Waals surface area contributed by atoms with E-state index in [1.807, 2.05) is 13.2 Å². The lowest BCUT2D eigenvalue weighted by molar-refractivity contribution is -0.150. The Morgan fingerprint density at radius 1 is 1.53 bits per heavy atom. The van der Waals surface area contributed by atoms with E-state index in [1.165, 1.54) is 11.8 Å². The number of thioether (sulfide) groups is 1. The molecule has 0 N–H and O–H groups in total. The zero-order valence-electron chi connectivity index (χ0n) is 10.4. The third-order valence-corrected chi connectivity index (χ3v) is 2.46. The molecule has 0 amide bonds. The highest BCUT2D eigenvalue weighted by molar-refractivity contribution is 7.98. The van der Waals surface area contributed by atoms with Crippen molar-refractivity contribution in [2.75, 3.05) is 12.9 Å². The largest absolute Gasteiger partial charge is 0.463 e. The van der Waals surface area contributed by atoms with Gasteiger partial charge >= 0.3 is 5.97 Å². The minimum Gasteiger partial charge on any atom is -0.463 e. The first-order chi connectivity index (χ1) is 8.06. The van der Waals surface area contributed by atoms with Gasteiger partial charge in [-0.2, -0.15) is 4.98 Å². The van der Waals surface area contributed by atoms with Crippen molar-refractivity contribution >= 4 is 17.7 Å². The molecule has 17 heavy (non-hydrogen) atoms. The van der Waals surface area contributed by atoms with Crippen LogP contribution in [0.3, 0.4) is 0 Å². The van der Waals surface area contributed by atoms with Gasteiger partial charge in [0.1, 0.15) is 0 Å². The predicted octanol–water partition coefficient (Wildman–Crippen LogP) is 1.84. The second-order valence-corrected chi connectivity index (χ2v) is 4.12. The molecule has 1 aromatic heterocycles. The molecule has 0 aromatic carbocycles. The Labute approximate surface area is 105 Å². The molecule has 94 valence electrons. The topological polar surface area (TPSA) is 61.3 Å². The van der Waals surface area contributed by atoms with Crippen molar-refractivity contribution in [3.8, 4) is 5.88 Å². The monoisotopic (exact) mass is 256 g/mol. The highest BCUT2D eigenvalue weighted by atomic mass is 32.2. The van der Waals surface area contributed by atoms with E-state index < -0.39 is 12.1 Å². The first kappa shape index (κ1) is 13.8. The van der Waals surface area contributed by atoms with E-state index in [0.717, 1.165) is 5.69 Å². The molecule has 0 aliphatic carbocycles. The number of carbonyl (C=O) groups is 1. The number of esters is 1. The lowest BCUT2D eigenvalue weighted by atomic mass is 10.4. The van der Waals surface area contributed by atoms with Gasteiger partial charge in [0.05, 0.1) is 6.61 Å². The van der Waals surface area contributed by atoms with Crippen molar-refractivity contribution in [2.45, 2.75) is 32.0 Å². The fourth-order valence-electron chi connectivity index (χ4n) is 1.15. The SMILES string of the molecule is CCOC(=O)[C@H](C)Oc1cc(C)nc(SC)n1. The molecule has 6 heteroatoms. The van der Waals surface area contributed by atoms with E-state index in [4.69, 9.17) is 9.47 Å². The molecule has 0 aliphatic heterocycles. The zero-order chi connectivity index (χ0) is 12.8. The van der Waals surface area contributed by atoms with Crippen molar-refractivity contribution in [2.24, 2.45) is 0 Å². The molecule has 0 saturated carbocycles. The quantitative estimate of drug-likeness (QED) is 0.455. The Kier molecular flexibility index (Phi) is 5.21. The number of aromatic nitrogens is 2. The van der Waals surface area contributed by atoms with Crippen molar-refractivity contribution in [3.63, 3.8) is 0 Å². The van der Waals surface area contributed by atoms with E-state index >= 15 is 0 Å². The van der Waals surface area contributed by atoms with E-state index in [1.54, 1.807) is 19.9 Å². The van der Waals surface area contributed by atoms with Crippen LogP contribution >= 0.6 is 11.8 Å². The van der Waals surface area contributed by atoms with Gasteiger partial charge in [0.15, 0.2) is 11.3 Å². The summed E-state index contributed by atoms with van der Waals surface area (Å²) < 4.78 is 10.3. The second kappa shape index (κ2) is 6.44. The number of aryl methyl sites for hydroxylation is 1. The van der Waals surface area contributed by atoms with Crippen LogP contribution in [0.25, 0.3) is 0 Å². The fourth-order valence-corrected chi connectivity index (χ4v) is 1.57. The smallest absolute Gasteiger partial charge is 0.347 e. The Morgan fingerprint density at radius 3 is 2.82 bits per heavy atom. The number of rotatable bonds is 5. The van der Waals surface area contributed by atoms with Crippen LogP contribution in [0.5, 0.6) is 5.88 Å². The van der Waals surface area contributed by atoms with Crippen LogP contribution in [0.1, 0.15) is 19.5 Å². The van der Waals surface area contributed by atoms with Crippen molar-refractivity contribution < 1.29 is 14.3 Å². The lowest BCUT2D eigenvalue weighted by Crippen LogP contribution is -2.26.